The molecule has 1 amide bonds. The maximum Gasteiger partial charge on any atom is 0.247 e. The largest absolute Gasteiger partial charge is 0.457 e. The number of hydrogen-bond acceptors (Lipinski definition) is 8. The monoisotopic (exact) mass is 439 g/mol. The Labute approximate surface area is 177 Å². The van der Waals surface area contributed by atoms with Gasteiger partial charge in [-0.1, -0.05) is 11.6 Å². The van der Waals surface area contributed by atoms with E-state index in [4.69, 9.17) is 31.0 Å². The first-order chi connectivity index (χ1) is 14.3. The van der Waals surface area contributed by atoms with E-state index in [9.17, 15) is 20.1 Å². The molecule has 3 rings (SSSR count). The molecule has 5 atom stereocenters. The molecule has 1 saturated heterocycles. The summed E-state index contributed by atoms with van der Waals surface area (Å²) in [6, 6.07) is 13.1. The van der Waals surface area contributed by atoms with Gasteiger partial charge in [0.15, 0.2) is 12.4 Å². The second-order valence-corrected chi connectivity index (χ2v) is 7.10. The van der Waals surface area contributed by atoms with Gasteiger partial charge >= 0.3 is 0 Å². The van der Waals surface area contributed by atoms with E-state index in [-0.39, 0.29) is 0 Å². The van der Waals surface area contributed by atoms with Crippen molar-refractivity contribution in [1.82, 2.24) is 0 Å². The molecule has 0 radical (unpaired) electrons. The van der Waals surface area contributed by atoms with Crippen molar-refractivity contribution in [3.63, 3.8) is 0 Å². The Bertz CT molecular complexity index is 847. The molecule has 9 nitrogen and oxygen atoms in total. The van der Waals surface area contributed by atoms with Gasteiger partial charge in [-0.15, -0.1) is 0 Å². The summed E-state index contributed by atoms with van der Waals surface area (Å²) in [5.41, 5.74) is 0.295. The van der Waals surface area contributed by atoms with Gasteiger partial charge in [-0.05, 0) is 48.5 Å². The second-order valence-electron chi connectivity index (χ2n) is 6.66. The van der Waals surface area contributed by atoms with Gasteiger partial charge < -0.3 is 29.9 Å². The molecule has 1 heterocycles. The Morgan fingerprint density at radius 3 is 2.13 bits per heavy atom. The molecule has 1 fully saturated rings. The molecule has 2 aromatic rings. The molecular weight excluding hydrogens is 418 g/mol. The van der Waals surface area contributed by atoms with E-state index < -0.39 is 43.2 Å². The molecule has 0 saturated carbocycles. The van der Waals surface area contributed by atoms with Gasteiger partial charge in [0.2, 0.25) is 5.91 Å². The molecule has 4 N–H and O–H groups in total. The quantitative estimate of drug-likeness (QED) is 0.494. The van der Waals surface area contributed by atoms with Gasteiger partial charge in [-0.2, -0.15) is 5.06 Å². The second kappa shape index (κ2) is 9.71. The number of amides is 1. The van der Waals surface area contributed by atoms with Crippen LogP contribution in [0.4, 0.5) is 5.69 Å². The van der Waals surface area contributed by atoms with E-state index in [0.29, 0.717) is 22.2 Å². The number of aliphatic hydroxyl groups is 4. The van der Waals surface area contributed by atoms with Crippen molar-refractivity contribution < 1.29 is 39.5 Å². The summed E-state index contributed by atoms with van der Waals surface area (Å²) in [7, 11) is 0. The highest BCUT2D eigenvalue weighted by Gasteiger charge is 2.46. The third-order valence-corrected chi connectivity index (χ3v) is 4.73. The van der Waals surface area contributed by atoms with Gasteiger partial charge in [0, 0.05) is 11.9 Å². The number of anilines is 1. The van der Waals surface area contributed by atoms with Crippen LogP contribution in [0.3, 0.4) is 0 Å². The van der Waals surface area contributed by atoms with Gasteiger partial charge in [0.1, 0.15) is 29.8 Å². The Morgan fingerprint density at radius 2 is 1.60 bits per heavy atom. The number of halogens is 1. The first kappa shape index (κ1) is 22.4. The number of carbonyl (C=O) groups is 1. The first-order valence-electron chi connectivity index (χ1n) is 9.11. The lowest BCUT2D eigenvalue weighted by Crippen LogP contribution is -2.61. The molecule has 1 aliphatic heterocycles. The smallest absolute Gasteiger partial charge is 0.247 e. The molecular formula is C20H22ClNO8. The minimum Gasteiger partial charge on any atom is -0.457 e. The highest BCUT2D eigenvalue weighted by atomic mass is 35.5. The Kier molecular flexibility index (Phi) is 7.27. The van der Waals surface area contributed by atoms with Crippen LogP contribution in [0.5, 0.6) is 11.5 Å². The molecule has 2 aromatic carbocycles. The first-order valence-corrected chi connectivity index (χ1v) is 9.49. The van der Waals surface area contributed by atoms with E-state index in [1.807, 2.05) is 0 Å². The molecule has 0 aromatic heterocycles. The third kappa shape index (κ3) is 5.08. The predicted molar refractivity (Wildman–Crippen MR) is 106 cm³/mol. The van der Waals surface area contributed by atoms with Crippen LogP contribution in [0.15, 0.2) is 48.5 Å². The molecule has 0 spiro atoms. The van der Waals surface area contributed by atoms with E-state index in [2.05, 4.69) is 0 Å². The Balaban J connectivity index is 1.73. The predicted octanol–water partition coefficient (Wildman–Crippen LogP) is 1.22. The van der Waals surface area contributed by atoms with Crippen molar-refractivity contribution in [2.45, 2.75) is 37.6 Å². The average molecular weight is 440 g/mol. The summed E-state index contributed by atoms with van der Waals surface area (Å²) in [4.78, 5) is 17.6. The molecule has 0 bridgehead atoms. The van der Waals surface area contributed by atoms with Crippen LogP contribution >= 0.6 is 11.6 Å². The number of benzene rings is 2. The van der Waals surface area contributed by atoms with Crippen LogP contribution in [-0.2, 0) is 14.4 Å². The summed E-state index contributed by atoms with van der Waals surface area (Å²) in [6.45, 7) is 0.626. The van der Waals surface area contributed by atoms with Gasteiger partial charge in [0.25, 0.3) is 0 Å². The van der Waals surface area contributed by atoms with Crippen molar-refractivity contribution in [3.05, 3.63) is 53.6 Å². The average Bonchev–Trinajstić information content (AvgIpc) is 2.73. The van der Waals surface area contributed by atoms with Crippen LogP contribution < -0.4 is 9.80 Å². The maximum atomic E-state index is 12.1. The summed E-state index contributed by atoms with van der Waals surface area (Å²) < 4.78 is 10.7. The SMILES string of the molecule is CC(=O)N(O[C@@H]1[C@@H](O)[C@H](O)[C@@H](CO)O[C@H]1O)c1ccc(Oc2ccc(Cl)cc2)cc1. The summed E-state index contributed by atoms with van der Waals surface area (Å²) in [6.07, 6.45) is -7.41. The Morgan fingerprint density at radius 1 is 1.03 bits per heavy atom. The van der Waals surface area contributed by atoms with Crippen molar-refractivity contribution in [3.8, 4) is 11.5 Å². The number of hydroxylamine groups is 1. The number of rotatable bonds is 6. The van der Waals surface area contributed by atoms with Gasteiger partial charge in [-0.25, -0.2) is 0 Å². The van der Waals surface area contributed by atoms with Crippen LogP contribution in [0, 0.1) is 0 Å². The fourth-order valence-corrected chi connectivity index (χ4v) is 3.04. The van der Waals surface area contributed by atoms with E-state index >= 15 is 0 Å². The molecule has 0 unspecified atom stereocenters. The summed E-state index contributed by atoms with van der Waals surface area (Å²) in [5.74, 6) is 0.524. The molecule has 30 heavy (non-hydrogen) atoms. The number of hydrogen-bond donors (Lipinski definition) is 4. The highest BCUT2D eigenvalue weighted by molar-refractivity contribution is 6.30. The minimum atomic E-state index is -1.67. The molecule has 162 valence electrons. The zero-order valence-electron chi connectivity index (χ0n) is 16.0. The van der Waals surface area contributed by atoms with Crippen molar-refractivity contribution in [2.75, 3.05) is 11.7 Å². The fraction of sp³-hybridized carbons (Fsp3) is 0.350. The topological polar surface area (TPSA) is 129 Å². The van der Waals surface area contributed by atoms with Crippen molar-refractivity contribution >= 4 is 23.2 Å². The lowest BCUT2D eigenvalue weighted by Gasteiger charge is -2.41. The van der Waals surface area contributed by atoms with E-state index in [1.54, 1.807) is 48.5 Å². The van der Waals surface area contributed by atoms with Gasteiger partial charge in [-0.3, -0.25) is 9.63 Å². The number of nitrogens with zero attached hydrogens (tertiary/aromatic N) is 1. The fourth-order valence-electron chi connectivity index (χ4n) is 2.91. The van der Waals surface area contributed by atoms with Crippen LogP contribution in [0.2, 0.25) is 5.02 Å². The van der Waals surface area contributed by atoms with E-state index in [0.717, 1.165) is 5.06 Å². The zero-order chi connectivity index (χ0) is 21.8. The lowest BCUT2D eigenvalue weighted by molar-refractivity contribution is -0.297. The number of ether oxygens (including phenoxy) is 2. The normalized spacial score (nSPS) is 26.3. The van der Waals surface area contributed by atoms with Crippen LogP contribution in [-0.4, -0.2) is 63.6 Å². The Hall–Kier alpha value is -2.24. The molecule has 0 aliphatic carbocycles. The van der Waals surface area contributed by atoms with Crippen molar-refractivity contribution in [2.24, 2.45) is 0 Å². The number of aliphatic hydroxyl groups excluding tert-OH is 4. The summed E-state index contributed by atoms with van der Waals surface area (Å²) >= 11 is 5.85. The maximum absolute atomic E-state index is 12.1. The van der Waals surface area contributed by atoms with Gasteiger partial charge in [0.05, 0.1) is 12.3 Å². The van der Waals surface area contributed by atoms with Crippen LogP contribution in [0.1, 0.15) is 6.92 Å². The zero-order valence-corrected chi connectivity index (χ0v) is 16.7. The third-order valence-electron chi connectivity index (χ3n) is 4.48. The summed E-state index contributed by atoms with van der Waals surface area (Å²) in [5, 5.41) is 40.9. The van der Waals surface area contributed by atoms with Crippen molar-refractivity contribution in [1.29, 1.82) is 0 Å². The minimum absolute atomic E-state index is 0.295. The van der Waals surface area contributed by atoms with E-state index in [1.165, 1.54) is 6.92 Å². The van der Waals surface area contributed by atoms with Crippen LogP contribution in [0.25, 0.3) is 0 Å². The number of carbonyl (C=O) groups excluding carboxylic acids is 1. The lowest BCUT2D eigenvalue weighted by atomic mass is 9.99. The molecule has 1 aliphatic rings. The molecule has 10 heteroatoms. The highest BCUT2D eigenvalue weighted by Crippen LogP contribution is 2.28. The standard InChI is InChI=1S/C20H22ClNO8/c1-11(24)22(30-19-18(26)17(25)16(10-23)29-20(19)27)13-4-8-15(9-5-13)28-14-6-2-12(21)3-7-14/h2-9,16-20,23,25-27H,10H2,1H3/t16-,17-,18+,19-,20-/m1/s1.